The quantitative estimate of drug-likeness (QED) is 0.746. The number of methoxy groups -OCH3 is 1. The Balaban J connectivity index is 2.21. The summed E-state index contributed by atoms with van der Waals surface area (Å²) in [5.74, 6) is 1.24. The highest BCUT2D eigenvalue weighted by molar-refractivity contribution is 9.11. The molecular weight excluding hydrogens is 338 g/mol. The molecule has 3 aromatic rings. The maximum Gasteiger partial charge on any atom is 0.153 e. The number of aromatic nitrogens is 2. The third-order valence-electron chi connectivity index (χ3n) is 3.03. The van der Waals surface area contributed by atoms with Gasteiger partial charge in [0.05, 0.1) is 22.2 Å². The number of anilines is 1. The Hall–Kier alpha value is -1.79. The Morgan fingerprint density at radius 2 is 2.15 bits per heavy atom. The fourth-order valence-corrected chi connectivity index (χ4v) is 3.28. The summed E-state index contributed by atoms with van der Waals surface area (Å²) >= 11 is 5.09. The minimum Gasteiger partial charge on any atom is -0.496 e. The molecule has 0 aliphatic heterocycles. The number of ether oxygens (including phenoxy) is 1. The summed E-state index contributed by atoms with van der Waals surface area (Å²) in [5, 5.41) is 9.20. The zero-order valence-corrected chi connectivity index (χ0v) is 13.1. The minimum atomic E-state index is 0.465. The highest BCUT2D eigenvalue weighted by atomic mass is 79.9. The van der Waals surface area contributed by atoms with Gasteiger partial charge in [-0.2, -0.15) is 5.10 Å². The molecule has 20 heavy (non-hydrogen) atoms. The number of hydrogen-bond donors (Lipinski definition) is 2. The predicted octanol–water partition coefficient (Wildman–Crippen LogP) is 4.16. The van der Waals surface area contributed by atoms with Gasteiger partial charge in [0.2, 0.25) is 0 Å². The van der Waals surface area contributed by atoms with Crippen LogP contribution in [-0.4, -0.2) is 17.3 Å². The van der Waals surface area contributed by atoms with Crippen molar-refractivity contribution >= 4 is 33.1 Å². The largest absolute Gasteiger partial charge is 0.496 e. The smallest absolute Gasteiger partial charge is 0.153 e. The van der Waals surface area contributed by atoms with Crippen LogP contribution >= 0.6 is 27.3 Å². The van der Waals surface area contributed by atoms with Crippen LogP contribution in [0.2, 0.25) is 0 Å². The molecule has 0 spiro atoms. The van der Waals surface area contributed by atoms with Gasteiger partial charge in [0.15, 0.2) is 5.82 Å². The lowest BCUT2D eigenvalue weighted by Gasteiger charge is -2.08. The lowest BCUT2D eigenvalue weighted by atomic mass is 10.0. The van der Waals surface area contributed by atoms with Crippen LogP contribution in [0.3, 0.4) is 0 Å². The van der Waals surface area contributed by atoms with E-state index in [0.717, 1.165) is 31.9 Å². The van der Waals surface area contributed by atoms with Crippen molar-refractivity contribution in [1.82, 2.24) is 10.2 Å². The lowest BCUT2D eigenvalue weighted by molar-refractivity contribution is 0.416. The number of nitrogens with zero attached hydrogens (tertiary/aromatic N) is 1. The average Bonchev–Trinajstić information content (AvgIpc) is 3.04. The molecule has 0 amide bonds. The average molecular weight is 350 g/mol. The molecule has 0 bridgehead atoms. The van der Waals surface area contributed by atoms with Crippen molar-refractivity contribution in [3.63, 3.8) is 0 Å². The van der Waals surface area contributed by atoms with E-state index in [2.05, 4.69) is 31.5 Å². The third-order valence-corrected chi connectivity index (χ3v) is 4.53. The molecule has 0 radical (unpaired) electrons. The maximum atomic E-state index is 6.03. The molecule has 2 aromatic heterocycles. The van der Waals surface area contributed by atoms with Crippen molar-refractivity contribution in [3.05, 3.63) is 39.5 Å². The van der Waals surface area contributed by atoms with Gasteiger partial charge in [0, 0.05) is 16.5 Å². The van der Waals surface area contributed by atoms with Crippen LogP contribution in [0.5, 0.6) is 5.75 Å². The highest BCUT2D eigenvalue weighted by Gasteiger charge is 2.18. The number of H-pyrrole nitrogens is 1. The van der Waals surface area contributed by atoms with E-state index in [1.807, 2.05) is 30.3 Å². The molecule has 0 atom stereocenters. The SMILES string of the molecule is COc1ccccc1-c1c(N)n[nH]c1-c1csc(Br)c1. The Bertz CT molecular complexity index is 750. The number of halogens is 1. The van der Waals surface area contributed by atoms with Gasteiger partial charge in [-0.25, -0.2) is 0 Å². The van der Waals surface area contributed by atoms with Crippen LogP contribution in [-0.2, 0) is 0 Å². The number of benzene rings is 1. The fraction of sp³-hybridized carbons (Fsp3) is 0.0714. The van der Waals surface area contributed by atoms with E-state index in [1.165, 1.54) is 0 Å². The number of thiophene rings is 1. The summed E-state index contributed by atoms with van der Waals surface area (Å²) < 4.78 is 6.48. The maximum absolute atomic E-state index is 6.03. The van der Waals surface area contributed by atoms with Crippen LogP contribution in [0.4, 0.5) is 5.82 Å². The molecule has 1 aromatic carbocycles. The topological polar surface area (TPSA) is 63.9 Å². The summed E-state index contributed by atoms with van der Waals surface area (Å²) in [6.45, 7) is 0. The molecule has 0 saturated heterocycles. The summed E-state index contributed by atoms with van der Waals surface area (Å²) in [5.41, 5.74) is 9.78. The molecule has 0 saturated carbocycles. The summed E-state index contributed by atoms with van der Waals surface area (Å²) in [7, 11) is 1.65. The van der Waals surface area contributed by atoms with Gasteiger partial charge in [-0.1, -0.05) is 18.2 Å². The molecule has 3 N–H and O–H groups in total. The second kappa shape index (κ2) is 5.30. The molecule has 6 heteroatoms. The minimum absolute atomic E-state index is 0.465. The standard InChI is InChI=1S/C14H12BrN3OS/c1-19-10-5-3-2-4-9(10)12-13(17-18-14(12)16)8-6-11(15)20-7-8/h2-7H,1H3,(H3,16,17,18). The van der Waals surface area contributed by atoms with Crippen LogP contribution in [0.1, 0.15) is 0 Å². The summed E-state index contributed by atoms with van der Waals surface area (Å²) in [4.78, 5) is 0. The predicted molar refractivity (Wildman–Crippen MR) is 86.0 cm³/mol. The number of nitrogen functional groups attached to an aromatic ring is 1. The van der Waals surface area contributed by atoms with E-state index in [0.29, 0.717) is 5.82 Å². The van der Waals surface area contributed by atoms with Gasteiger partial charge in [-0.05, 0) is 28.1 Å². The highest BCUT2D eigenvalue weighted by Crippen LogP contribution is 2.41. The van der Waals surface area contributed by atoms with Crippen molar-refractivity contribution in [1.29, 1.82) is 0 Å². The second-order valence-corrected chi connectivity index (χ2v) is 6.49. The molecule has 0 unspecified atom stereocenters. The van der Waals surface area contributed by atoms with E-state index >= 15 is 0 Å². The molecule has 3 rings (SSSR count). The van der Waals surface area contributed by atoms with E-state index in [4.69, 9.17) is 10.5 Å². The summed E-state index contributed by atoms with van der Waals surface area (Å²) in [6.07, 6.45) is 0. The number of aromatic amines is 1. The van der Waals surface area contributed by atoms with Gasteiger partial charge < -0.3 is 10.5 Å². The first-order chi connectivity index (χ1) is 9.70. The van der Waals surface area contributed by atoms with E-state index in [-0.39, 0.29) is 0 Å². The lowest BCUT2D eigenvalue weighted by Crippen LogP contribution is -1.92. The Morgan fingerprint density at radius 1 is 1.35 bits per heavy atom. The van der Waals surface area contributed by atoms with Gasteiger partial charge >= 0.3 is 0 Å². The number of nitrogens with one attached hydrogen (secondary N) is 1. The van der Waals surface area contributed by atoms with Gasteiger partial charge in [0.25, 0.3) is 0 Å². The first-order valence-electron chi connectivity index (χ1n) is 5.92. The van der Waals surface area contributed by atoms with E-state index in [9.17, 15) is 0 Å². The first kappa shape index (κ1) is 13.2. The van der Waals surface area contributed by atoms with Crippen molar-refractivity contribution in [3.8, 4) is 28.1 Å². The van der Waals surface area contributed by atoms with Crippen LogP contribution in [0, 0.1) is 0 Å². The van der Waals surface area contributed by atoms with Crippen molar-refractivity contribution < 1.29 is 4.74 Å². The van der Waals surface area contributed by atoms with Crippen LogP contribution in [0.25, 0.3) is 22.4 Å². The normalized spacial score (nSPS) is 10.7. The number of rotatable bonds is 3. The Morgan fingerprint density at radius 3 is 2.85 bits per heavy atom. The van der Waals surface area contributed by atoms with Crippen LogP contribution in [0.15, 0.2) is 39.5 Å². The second-order valence-electron chi connectivity index (χ2n) is 4.20. The molecule has 0 aliphatic carbocycles. The molecule has 0 aliphatic rings. The molecule has 4 nitrogen and oxygen atoms in total. The fourth-order valence-electron chi connectivity index (χ4n) is 2.13. The number of hydrogen-bond acceptors (Lipinski definition) is 4. The monoisotopic (exact) mass is 349 g/mol. The van der Waals surface area contributed by atoms with E-state index < -0.39 is 0 Å². The zero-order valence-electron chi connectivity index (χ0n) is 10.7. The van der Waals surface area contributed by atoms with Crippen molar-refractivity contribution in [2.75, 3.05) is 12.8 Å². The molecule has 102 valence electrons. The van der Waals surface area contributed by atoms with Gasteiger partial charge in [-0.15, -0.1) is 11.3 Å². The first-order valence-corrected chi connectivity index (χ1v) is 7.59. The van der Waals surface area contributed by atoms with Crippen LogP contribution < -0.4 is 10.5 Å². The van der Waals surface area contributed by atoms with Gasteiger partial charge in [0.1, 0.15) is 5.75 Å². The van der Waals surface area contributed by atoms with E-state index in [1.54, 1.807) is 18.4 Å². The Labute approximate surface area is 128 Å². The number of para-hydroxylation sites is 1. The summed E-state index contributed by atoms with van der Waals surface area (Å²) in [6, 6.07) is 9.81. The number of nitrogens with two attached hydrogens (primary N) is 1. The third kappa shape index (κ3) is 2.21. The molecule has 0 fully saturated rings. The van der Waals surface area contributed by atoms with Crippen molar-refractivity contribution in [2.24, 2.45) is 0 Å². The molecular formula is C14H12BrN3OS. The Kier molecular flexibility index (Phi) is 3.50. The zero-order chi connectivity index (χ0) is 14.1. The van der Waals surface area contributed by atoms with Gasteiger partial charge in [-0.3, -0.25) is 5.10 Å². The van der Waals surface area contributed by atoms with Crippen molar-refractivity contribution in [2.45, 2.75) is 0 Å². The molecule has 2 heterocycles.